The fourth-order valence-electron chi connectivity index (χ4n) is 3.02. The van der Waals surface area contributed by atoms with E-state index in [1.54, 1.807) is 26.0 Å². The first kappa shape index (κ1) is 20.4. The van der Waals surface area contributed by atoms with Crippen molar-refractivity contribution < 1.29 is 14.0 Å². The fourth-order valence-corrected chi connectivity index (χ4v) is 3.99. The Kier molecular flexibility index (Phi) is 5.59. The van der Waals surface area contributed by atoms with Crippen LogP contribution in [0.15, 0.2) is 60.8 Å². The molecule has 4 aromatic rings. The van der Waals surface area contributed by atoms with E-state index in [2.05, 4.69) is 20.9 Å². The van der Waals surface area contributed by atoms with E-state index in [1.165, 1.54) is 34.3 Å². The van der Waals surface area contributed by atoms with Gasteiger partial charge >= 0.3 is 0 Å². The van der Waals surface area contributed by atoms with E-state index in [0.29, 0.717) is 22.0 Å². The summed E-state index contributed by atoms with van der Waals surface area (Å²) >= 11 is 1.25. The van der Waals surface area contributed by atoms with Crippen LogP contribution in [0.25, 0.3) is 16.3 Å². The van der Waals surface area contributed by atoms with Gasteiger partial charge in [-0.15, -0.1) is 11.3 Å². The molecule has 0 atom stereocenters. The van der Waals surface area contributed by atoms with E-state index in [9.17, 15) is 14.0 Å². The number of benzene rings is 2. The standard InChI is InChI=1S/C22H18FN5O2S/c1-13-19(31-22(25-13)15-6-4-3-5-7-15)21(30)27-26-20(29)18-12-24-28(14(18)2)17-10-8-16(23)9-11-17/h3-12H,1-2H3,(H,26,29)(H,27,30). The molecule has 0 fully saturated rings. The van der Waals surface area contributed by atoms with Crippen LogP contribution in [0.5, 0.6) is 0 Å². The highest BCUT2D eigenvalue weighted by molar-refractivity contribution is 7.17. The lowest BCUT2D eigenvalue weighted by molar-refractivity contribution is 0.0848. The van der Waals surface area contributed by atoms with Crippen molar-refractivity contribution in [3.63, 3.8) is 0 Å². The summed E-state index contributed by atoms with van der Waals surface area (Å²) in [6.07, 6.45) is 1.39. The van der Waals surface area contributed by atoms with Crippen molar-refractivity contribution in [2.75, 3.05) is 0 Å². The monoisotopic (exact) mass is 435 g/mol. The number of carbonyl (C=O) groups is 2. The number of amides is 2. The zero-order valence-electron chi connectivity index (χ0n) is 16.7. The van der Waals surface area contributed by atoms with Crippen LogP contribution in [0.1, 0.15) is 31.4 Å². The number of rotatable bonds is 4. The minimum atomic E-state index is -0.510. The van der Waals surface area contributed by atoms with Gasteiger partial charge in [-0.05, 0) is 38.1 Å². The lowest BCUT2D eigenvalue weighted by Crippen LogP contribution is -2.41. The number of carbonyl (C=O) groups excluding carboxylic acids is 2. The third kappa shape index (κ3) is 4.22. The quantitative estimate of drug-likeness (QED) is 0.477. The molecule has 4 rings (SSSR count). The summed E-state index contributed by atoms with van der Waals surface area (Å²) in [5, 5.41) is 4.91. The predicted octanol–water partition coefficient (Wildman–Crippen LogP) is 3.83. The molecule has 0 aliphatic rings. The van der Waals surface area contributed by atoms with Crippen molar-refractivity contribution in [1.82, 2.24) is 25.6 Å². The molecule has 0 saturated carbocycles. The Morgan fingerprint density at radius 3 is 2.35 bits per heavy atom. The summed E-state index contributed by atoms with van der Waals surface area (Å²) in [5.41, 5.74) is 7.81. The van der Waals surface area contributed by atoms with Gasteiger partial charge in [0.1, 0.15) is 15.7 Å². The molecular weight excluding hydrogens is 417 g/mol. The van der Waals surface area contributed by atoms with Crippen molar-refractivity contribution in [1.29, 1.82) is 0 Å². The topological polar surface area (TPSA) is 88.9 Å². The molecule has 2 aromatic carbocycles. The molecule has 2 N–H and O–H groups in total. The highest BCUT2D eigenvalue weighted by atomic mass is 32.1. The Bertz CT molecular complexity index is 1250. The molecule has 0 radical (unpaired) electrons. The largest absolute Gasteiger partial charge is 0.281 e. The average molecular weight is 435 g/mol. The van der Waals surface area contributed by atoms with E-state index < -0.39 is 11.8 Å². The molecular formula is C22H18FN5O2S. The number of aromatic nitrogens is 3. The molecule has 31 heavy (non-hydrogen) atoms. The number of hydrazine groups is 1. The Morgan fingerprint density at radius 1 is 0.968 bits per heavy atom. The second kappa shape index (κ2) is 8.49. The molecule has 156 valence electrons. The molecule has 9 heteroatoms. The van der Waals surface area contributed by atoms with Gasteiger partial charge in [-0.1, -0.05) is 30.3 Å². The number of thiazole rings is 1. The van der Waals surface area contributed by atoms with Crippen LogP contribution >= 0.6 is 11.3 Å². The lowest BCUT2D eigenvalue weighted by Gasteiger charge is -2.07. The van der Waals surface area contributed by atoms with Gasteiger partial charge in [0.15, 0.2) is 0 Å². The van der Waals surface area contributed by atoms with Gasteiger partial charge in [-0.25, -0.2) is 14.1 Å². The van der Waals surface area contributed by atoms with E-state index in [0.717, 1.165) is 10.6 Å². The van der Waals surface area contributed by atoms with Crippen LogP contribution in [0.2, 0.25) is 0 Å². The Morgan fingerprint density at radius 2 is 1.65 bits per heavy atom. The molecule has 2 aromatic heterocycles. The van der Waals surface area contributed by atoms with Crippen molar-refractivity contribution in [3.05, 3.63) is 88.4 Å². The molecule has 0 spiro atoms. The number of nitrogens with one attached hydrogen (secondary N) is 2. The molecule has 2 amide bonds. The van der Waals surface area contributed by atoms with Gasteiger partial charge < -0.3 is 0 Å². The van der Waals surface area contributed by atoms with Gasteiger partial charge in [0, 0.05) is 5.56 Å². The average Bonchev–Trinajstić information content (AvgIpc) is 3.36. The summed E-state index contributed by atoms with van der Waals surface area (Å²) in [5.74, 6) is -1.32. The first-order chi connectivity index (χ1) is 14.9. The van der Waals surface area contributed by atoms with Gasteiger partial charge in [0.05, 0.1) is 28.8 Å². The van der Waals surface area contributed by atoms with E-state index in [4.69, 9.17) is 0 Å². The van der Waals surface area contributed by atoms with Crippen LogP contribution in [0.3, 0.4) is 0 Å². The van der Waals surface area contributed by atoms with Crippen LogP contribution in [-0.4, -0.2) is 26.6 Å². The summed E-state index contributed by atoms with van der Waals surface area (Å²) in [4.78, 5) is 30.0. The fraction of sp³-hybridized carbons (Fsp3) is 0.0909. The maximum absolute atomic E-state index is 13.1. The van der Waals surface area contributed by atoms with Gasteiger partial charge in [-0.2, -0.15) is 5.10 Å². The van der Waals surface area contributed by atoms with E-state index >= 15 is 0 Å². The molecule has 2 heterocycles. The number of aryl methyl sites for hydroxylation is 1. The smallest absolute Gasteiger partial charge is 0.267 e. The van der Waals surface area contributed by atoms with Crippen LogP contribution in [0, 0.1) is 19.7 Å². The predicted molar refractivity (Wildman–Crippen MR) is 115 cm³/mol. The number of halogens is 1. The van der Waals surface area contributed by atoms with Gasteiger partial charge in [0.25, 0.3) is 11.8 Å². The van der Waals surface area contributed by atoms with E-state index in [1.807, 2.05) is 30.3 Å². The summed E-state index contributed by atoms with van der Waals surface area (Å²) in [6.45, 7) is 3.46. The molecule has 0 bridgehead atoms. The van der Waals surface area contributed by atoms with Crippen LogP contribution < -0.4 is 10.9 Å². The molecule has 0 aliphatic heterocycles. The third-order valence-corrected chi connectivity index (χ3v) is 5.84. The highest BCUT2D eigenvalue weighted by Gasteiger charge is 2.19. The summed E-state index contributed by atoms with van der Waals surface area (Å²) < 4.78 is 14.7. The number of hydrogen-bond acceptors (Lipinski definition) is 5. The zero-order chi connectivity index (χ0) is 22.0. The molecule has 7 nitrogen and oxygen atoms in total. The summed E-state index contributed by atoms with van der Waals surface area (Å²) in [6, 6.07) is 15.3. The normalized spacial score (nSPS) is 10.7. The van der Waals surface area contributed by atoms with Crippen molar-refractivity contribution in [2.45, 2.75) is 13.8 Å². The molecule has 0 saturated heterocycles. The second-order valence-corrected chi connectivity index (χ2v) is 7.74. The highest BCUT2D eigenvalue weighted by Crippen LogP contribution is 2.27. The Hall–Kier alpha value is -3.85. The van der Waals surface area contributed by atoms with Crippen molar-refractivity contribution >= 4 is 23.2 Å². The SMILES string of the molecule is Cc1nc(-c2ccccc2)sc1C(=O)NNC(=O)c1cnn(-c2ccc(F)cc2)c1C. The lowest BCUT2D eigenvalue weighted by atomic mass is 10.2. The van der Waals surface area contributed by atoms with Gasteiger partial charge in [-0.3, -0.25) is 20.4 Å². The molecule has 0 unspecified atom stereocenters. The first-order valence-corrected chi connectivity index (χ1v) is 10.2. The van der Waals surface area contributed by atoms with Crippen LogP contribution in [0.4, 0.5) is 4.39 Å². The Labute approximate surface area is 181 Å². The zero-order valence-corrected chi connectivity index (χ0v) is 17.5. The maximum atomic E-state index is 13.1. The minimum absolute atomic E-state index is 0.288. The Balaban J connectivity index is 1.45. The van der Waals surface area contributed by atoms with Crippen molar-refractivity contribution in [2.24, 2.45) is 0 Å². The molecule has 0 aliphatic carbocycles. The summed E-state index contributed by atoms with van der Waals surface area (Å²) in [7, 11) is 0. The van der Waals surface area contributed by atoms with Crippen molar-refractivity contribution in [3.8, 4) is 16.3 Å². The van der Waals surface area contributed by atoms with E-state index in [-0.39, 0.29) is 11.4 Å². The number of nitrogens with zero attached hydrogens (tertiary/aromatic N) is 3. The third-order valence-electron chi connectivity index (χ3n) is 4.64. The maximum Gasteiger partial charge on any atom is 0.281 e. The second-order valence-electron chi connectivity index (χ2n) is 6.74. The van der Waals surface area contributed by atoms with Gasteiger partial charge in [0.2, 0.25) is 0 Å². The minimum Gasteiger partial charge on any atom is -0.267 e. The van der Waals surface area contributed by atoms with Crippen LogP contribution in [-0.2, 0) is 0 Å². The first-order valence-electron chi connectivity index (χ1n) is 9.38. The number of hydrogen-bond donors (Lipinski definition) is 2.